The Hall–Kier alpha value is -3.26. The lowest BCUT2D eigenvalue weighted by Gasteiger charge is -2.27. The van der Waals surface area contributed by atoms with E-state index in [-0.39, 0.29) is 11.6 Å². The Morgan fingerprint density at radius 2 is 2.00 bits per heavy atom. The Bertz CT molecular complexity index is 1190. The van der Waals surface area contributed by atoms with Crippen LogP contribution in [-0.4, -0.2) is 45.5 Å². The van der Waals surface area contributed by atoms with Gasteiger partial charge in [0.1, 0.15) is 10.8 Å². The Labute approximate surface area is 203 Å². The van der Waals surface area contributed by atoms with Crippen molar-refractivity contribution in [1.29, 1.82) is 0 Å². The second-order valence-corrected chi connectivity index (χ2v) is 10.1. The molecule has 1 amide bonds. The predicted octanol–water partition coefficient (Wildman–Crippen LogP) is 4.55. The zero-order chi connectivity index (χ0) is 24.3. The molecular formula is C26H29N3O4S. The molecule has 1 fully saturated rings. The summed E-state index contributed by atoms with van der Waals surface area (Å²) < 4.78 is 5.21. The molecule has 3 aromatic rings. The first-order valence-electron chi connectivity index (χ1n) is 11.4. The fourth-order valence-electron chi connectivity index (χ4n) is 4.27. The molecule has 178 valence electrons. The summed E-state index contributed by atoms with van der Waals surface area (Å²) in [5.74, 6) is -0.362. The van der Waals surface area contributed by atoms with Crippen LogP contribution in [-0.2, 0) is 23.2 Å². The van der Waals surface area contributed by atoms with E-state index >= 15 is 0 Å². The molecule has 1 N–H and O–H groups in total. The number of nitrogens with zero attached hydrogens (tertiary/aromatic N) is 3. The molecule has 0 radical (unpaired) electrons. The first kappa shape index (κ1) is 23.9. The van der Waals surface area contributed by atoms with Gasteiger partial charge in [0.15, 0.2) is 5.69 Å². The lowest BCUT2D eigenvalue weighted by atomic mass is 9.99. The van der Waals surface area contributed by atoms with Gasteiger partial charge in [0.25, 0.3) is 0 Å². The van der Waals surface area contributed by atoms with Crippen LogP contribution in [0.5, 0.6) is 5.75 Å². The molecule has 1 aliphatic carbocycles. The Morgan fingerprint density at radius 3 is 2.59 bits per heavy atom. The van der Waals surface area contributed by atoms with E-state index in [1.54, 1.807) is 20.2 Å². The van der Waals surface area contributed by atoms with E-state index in [0.29, 0.717) is 28.7 Å². The number of hydrogen-bond acceptors (Lipinski definition) is 6. The van der Waals surface area contributed by atoms with Crippen molar-refractivity contribution in [3.05, 3.63) is 75.0 Å². The molecule has 1 aromatic carbocycles. The first-order valence-corrected chi connectivity index (χ1v) is 12.2. The van der Waals surface area contributed by atoms with E-state index < -0.39 is 11.4 Å². The Kier molecular flexibility index (Phi) is 6.97. The quantitative estimate of drug-likeness (QED) is 0.458. The number of hydrogen-bond donors (Lipinski definition) is 1. The van der Waals surface area contributed by atoms with Crippen LogP contribution >= 0.6 is 11.3 Å². The van der Waals surface area contributed by atoms with Crippen molar-refractivity contribution in [3.8, 4) is 5.75 Å². The maximum atomic E-state index is 13.8. The highest BCUT2D eigenvalue weighted by atomic mass is 32.1. The van der Waals surface area contributed by atoms with Gasteiger partial charge < -0.3 is 14.7 Å². The van der Waals surface area contributed by atoms with Crippen LogP contribution < -0.4 is 4.74 Å². The smallest absolute Gasteiger partial charge is 0.355 e. The molecule has 8 heteroatoms. The van der Waals surface area contributed by atoms with Crippen LogP contribution in [0.3, 0.4) is 0 Å². The normalized spacial score (nSPS) is 14.0. The van der Waals surface area contributed by atoms with Crippen LogP contribution in [0.4, 0.5) is 0 Å². The zero-order valence-corrected chi connectivity index (χ0v) is 20.5. The highest BCUT2D eigenvalue weighted by Gasteiger charge is 2.54. The molecule has 4 rings (SSSR count). The molecule has 0 spiro atoms. The third-order valence-corrected chi connectivity index (χ3v) is 7.21. The lowest BCUT2D eigenvalue weighted by Crippen LogP contribution is -2.40. The minimum absolute atomic E-state index is 0.0270. The third kappa shape index (κ3) is 5.12. The van der Waals surface area contributed by atoms with Crippen molar-refractivity contribution in [1.82, 2.24) is 14.9 Å². The number of thiazole rings is 1. The fraction of sp³-hybridized carbons (Fsp3) is 0.385. The highest BCUT2D eigenvalue weighted by Crippen LogP contribution is 2.49. The van der Waals surface area contributed by atoms with Gasteiger partial charge in [0, 0.05) is 11.4 Å². The average molecular weight is 480 g/mol. The number of carboxylic acids is 1. The molecule has 0 aliphatic heterocycles. The minimum atomic E-state index is -1.04. The SMILES string of the molecule is COc1ccc(C2(C(=O)N(CCCc3cccc(C)c3)Cc3nc(C(=O)O)c(C)s3)CC2)nc1. The zero-order valence-electron chi connectivity index (χ0n) is 19.7. The lowest BCUT2D eigenvalue weighted by molar-refractivity contribution is -0.134. The number of methoxy groups -OCH3 is 1. The van der Waals surface area contributed by atoms with Crippen LogP contribution in [0.2, 0.25) is 0 Å². The number of aromatic carboxylic acids is 1. The van der Waals surface area contributed by atoms with Crippen LogP contribution in [0.25, 0.3) is 0 Å². The molecule has 0 unspecified atom stereocenters. The van der Waals surface area contributed by atoms with Crippen molar-refractivity contribution in [2.75, 3.05) is 13.7 Å². The van der Waals surface area contributed by atoms with Gasteiger partial charge in [-0.2, -0.15) is 0 Å². The number of carbonyl (C=O) groups excluding carboxylic acids is 1. The number of rotatable bonds is 10. The van der Waals surface area contributed by atoms with Crippen LogP contribution in [0, 0.1) is 13.8 Å². The second-order valence-electron chi connectivity index (χ2n) is 8.80. The van der Waals surface area contributed by atoms with Gasteiger partial charge in [-0.05, 0) is 57.2 Å². The molecule has 1 aliphatic rings. The summed E-state index contributed by atoms with van der Waals surface area (Å²) in [6, 6.07) is 12.1. The maximum Gasteiger partial charge on any atom is 0.355 e. The number of benzene rings is 1. The topological polar surface area (TPSA) is 92.6 Å². The van der Waals surface area contributed by atoms with E-state index in [9.17, 15) is 14.7 Å². The molecular weight excluding hydrogens is 450 g/mol. The third-order valence-electron chi connectivity index (χ3n) is 6.25. The molecule has 0 bridgehead atoms. The van der Waals surface area contributed by atoms with Gasteiger partial charge in [-0.1, -0.05) is 29.8 Å². The summed E-state index contributed by atoms with van der Waals surface area (Å²) in [6.45, 7) is 4.68. The summed E-state index contributed by atoms with van der Waals surface area (Å²) in [4.78, 5) is 36.6. The Balaban J connectivity index is 1.55. The van der Waals surface area contributed by atoms with Gasteiger partial charge in [0.05, 0.1) is 31.0 Å². The summed E-state index contributed by atoms with van der Waals surface area (Å²) in [5.41, 5.74) is 2.64. The molecule has 2 aromatic heterocycles. The summed E-state index contributed by atoms with van der Waals surface area (Å²) in [5, 5.41) is 10.0. The summed E-state index contributed by atoms with van der Waals surface area (Å²) in [7, 11) is 1.59. The molecule has 0 saturated heterocycles. The van der Waals surface area contributed by atoms with Crippen LogP contribution in [0.1, 0.15) is 56.5 Å². The van der Waals surface area contributed by atoms with E-state index in [4.69, 9.17) is 4.74 Å². The maximum absolute atomic E-state index is 13.8. The monoisotopic (exact) mass is 479 g/mol. The van der Waals surface area contributed by atoms with Gasteiger partial charge in [-0.3, -0.25) is 9.78 Å². The summed E-state index contributed by atoms with van der Waals surface area (Å²) >= 11 is 1.33. The van der Waals surface area contributed by atoms with Crippen LogP contribution in [0.15, 0.2) is 42.6 Å². The van der Waals surface area contributed by atoms with Crippen molar-refractivity contribution >= 4 is 23.2 Å². The van der Waals surface area contributed by atoms with Crippen molar-refractivity contribution < 1.29 is 19.4 Å². The number of aromatic nitrogens is 2. The number of pyridine rings is 1. The predicted molar refractivity (Wildman–Crippen MR) is 130 cm³/mol. The molecule has 0 atom stereocenters. The fourth-order valence-corrected chi connectivity index (χ4v) is 5.21. The van der Waals surface area contributed by atoms with Crippen molar-refractivity contribution in [3.63, 3.8) is 0 Å². The average Bonchev–Trinajstić information content (AvgIpc) is 3.55. The van der Waals surface area contributed by atoms with Gasteiger partial charge in [-0.15, -0.1) is 11.3 Å². The first-order chi connectivity index (χ1) is 16.3. The number of carboxylic acid groups (broad SMARTS) is 1. The van der Waals surface area contributed by atoms with Gasteiger partial charge >= 0.3 is 5.97 Å². The van der Waals surface area contributed by atoms with Crippen molar-refractivity contribution in [2.45, 2.75) is 51.5 Å². The molecule has 34 heavy (non-hydrogen) atoms. The van der Waals surface area contributed by atoms with Gasteiger partial charge in [-0.25, -0.2) is 9.78 Å². The highest BCUT2D eigenvalue weighted by molar-refractivity contribution is 7.11. The van der Waals surface area contributed by atoms with E-state index in [1.807, 2.05) is 23.1 Å². The van der Waals surface area contributed by atoms with Crippen molar-refractivity contribution in [2.24, 2.45) is 0 Å². The number of ether oxygens (including phenoxy) is 1. The van der Waals surface area contributed by atoms with Gasteiger partial charge in [0.2, 0.25) is 5.91 Å². The Morgan fingerprint density at radius 1 is 1.21 bits per heavy atom. The largest absolute Gasteiger partial charge is 0.495 e. The molecule has 2 heterocycles. The standard InChI is InChI=1S/C26H29N3O4S/c1-17-6-4-7-19(14-17)8-5-13-29(16-22-28-23(24(30)31)18(2)34-22)25(32)26(11-12-26)21-10-9-20(33-3)15-27-21/h4,6-7,9-10,14-15H,5,8,11-13,16H2,1-3H3,(H,30,31). The summed E-state index contributed by atoms with van der Waals surface area (Å²) in [6.07, 6.45) is 4.80. The second kappa shape index (κ2) is 9.93. The molecule has 7 nitrogen and oxygen atoms in total. The van der Waals surface area contributed by atoms with E-state index in [0.717, 1.165) is 31.4 Å². The molecule has 1 saturated carbocycles. The number of aryl methyl sites for hydroxylation is 3. The number of carbonyl (C=O) groups is 2. The van der Waals surface area contributed by atoms with E-state index in [2.05, 4.69) is 35.1 Å². The minimum Gasteiger partial charge on any atom is -0.495 e. The number of amides is 1. The van der Waals surface area contributed by atoms with E-state index in [1.165, 1.54) is 22.5 Å².